The molecule has 1 amide bonds. The molecule has 0 atom stereocenters. The predicted octanol–water partition coefficient (Wildman–Crippen LogP) is 2.60. The average molecular weight is 354 g/mol. The molecule has 1 aliphatic rings. The highest BCUT2D eigenvalue weighted by Gasteiger charge is 2.18. The van der Waals surface area contributed by atoms with E-state index in [0.717, 1.165) is 50.2 Å². The number of rotatable bonds is 5. The van der Waals surface area contributed by atoms with Crippen molar-refractivity contribution < 1.29 is 9.53 Å². The van der Waals surface area contributed by atoms with Crippen LogP contribution in [-0.4, -0.2) is 72.6 Å². The van der Waals surface area contributed by atoms with Crippen LogP contribution < -0.4 is 4.74 Å². The van der Waals surface area contributed by atoms with Crippen LogP contribution in [0.1, 0.15) is 5.56 Å². The van der Waals surface area contributed by atoms with Crippen LogP contribution in [0.5, 0.6) is 5.75 Å². The number of pyridine rings is 1. The van der Waals surface area contributed by atoms with Gasteiger partial charge in [-0.25, -0.2) is 4.79 Å². The SMILES string of the molecule is C=CCN1CCN(Cc2ccc(OC(=O)N(C)C)c3ncccc23)CC1. The summed E-state index contributed by atoms with van der Waals surface area (Å²) in [4.78, 5) is 22.6. The molecule has 26 heavy (non-hydrogen) atoms. The van der Waals surface area contributed by atoms with Crippen molar-refractivity contribution in [3.63, 3.8) is 0 Å². The van der Waals surface area contributed by atoms with Crippen molar-refractivity contribution in [1.82, 2.24) is 19.7 Å². The first kappa shape index (κ1) is 18.4. The molecule has 1 aliphatic heterocycles. The van der Waals surface area contributed by atoms with E-state index in [0.29, 0.717) is 5.75 Å². The van der Waals surface area contributed by atoms with E-state index in [4.69, 9.17) is 4.74 Å². The second-order valence-electron chi connectivity index (χ2n) is 6.75. The largest absolute Gasteiger partial charge is 0.414 e. The fourth-order valence-electron chi connectivity index (χ4n) is 3.16. The second kappa shape index (κ2) is 8.29. The first-order chi connectivity index (χ1) is 12.6. The molecule has 1 aromatic carbocycles. The van der Waals surface area contributed by atoms with Crippen LogP contribution in [0, 0.1) is 0 Å². The van der Waals surface area contributed by atoms with Crippen LogP contribution in [-0.2, 0) is 6.54 Å². The minimum Gasteiger partial charge on any atom is -0.408 e. The smallest absolute Gasteiger partial charge is 0.408 e. The molecule has 0 aliphatic carbocycles. The third-order valence-corrected chi connectivity index (χ3v) is 4.63. The summed E-state index contributed by atoms with van der Waals surface area (Å²) in [5.41, 5.74) is 1.93. The molecule has 0 spiro atoms. The Balaban J connectivity index is 1.78. The summed E-state index contributed by atoms with van der Waals surface area (Å²) in [6, 6.07) is 7.85. The molecular weight excluding hydrogens is 328 g/mol. The molecule has 6 heteroatoms. The van der Waals surface area contributed by atoms with Gasteiger partial charge in [-0.3, -0.25) is 14.8 Å². The van der Waals surface area contributed by atoms with Gasteiger partial charge in [0.1, 0.15) is 5.52 Å². The molecule has 1 aromatic heterocycles. The Labute approximate surface area is 154 Å². The lowest BCUT2D eigenvalue weighted by molar-refractivity contribution is 0.137. The maximum atomic E-state index is 11.9. The quantitative estimate of drug-likeness (QED) is 0.773. The zero-order valence-electron chi connectivity index (χ0n) is 15.5. The molecule has 0 saturated carbocycles. The van der Waals surface area contributed by atoms with E-state index in [1.807, 2.05) is 30.3 Å². The van der Waals surface area contributed by atoms with Gasteiger partial charge in [-0.2, -0.15) is 0 Å². The summed E-state index contributed by atoms with van der Waals surface area (Å²) in [5.74, 6) is 0.499. The molecule has 3 rings (SSSR count). The highest BCUT2D eigenvalue weighted by atomic mass is 16.6. The Hall–Kier alpha value is -2.44. The number of ether oxygens (including phenoxy) is 1. The number of hydrogen-bond donors (Lipinski definition) is 0. The second-order valence-corrected chi connectivity index (χ2v) is 6.75. The van der Waals surface area contributed by atoms with E-state index in [2.05, 4.69) is 21.4 Å². The number of piperazine rings is 1. The summed E-state index contributed by atoms with van der Waals surface area (Å²) in [6.07, 6.45) is 3.29. The number of benzene rings is 1. The Morgan fingerprint density at radius 2 is 1.96 bits per heavy atom. The topological polar surface area (TPSA) is 48.9 Å². The van der Waals surface area contributed by atoms with Crippen LogP contribution in [0.2, 0.25) is 0 Å². The first-order valence-corrected chi connectivity index (χ1v) is 8.90. The van der Waals surface area contributed by atoms with Gasteiger partial charge in [0.25, 0.3) is 0 Å². The fraction of sp³-hybridized carbons (Fsp3) is 0.400. The van der Waals surface area contributed by atoms with Crippen LogP contribution in [0.15, 0.2) is 43.1 Å². The zero-order chi connectivity index (χ0) is 18.5. The third-order valence-electron chi connectivity index (χ3n) is 4.63. The summed E-state index contributed by atoms with van der Waals surface area (Å²) in [6.45, 7) is 9.81. The Morgan fingerprint density at radius 1 is 1.23 bits per heavy atom. The molecular formula is C20H26N4O2. The van der Waals surface area contributed by atoms with Crippen molar-refractivity contribution in [3.05, 3.63) is 48.7 Å². The van der Waals surface area contributed by atoms with Gasteiger partial charge in [-0.15, -0.1) is 6.58 Å². The number of carbonyl (C=O) groups excluding carboxylic acids is 1. The Kier molecular flexibility index (Phi) is 5.85. The predicted molar refractivity (Wildman–Crippen MR) is 103 cm³/mol. The minimum atomic E-state index is -0.400. The van der Waals surface area contributed by atoms with Gasteiger partial charge < -0.3 is 9.64 Å². The number of amides is 1. The van der Waals surface area contributed by atoms with Crippen LogP contribution >= 0.6 is 0 Å². The number of fused-ring (bicyclic) bond motifs is 1. The molecule has 2 heterocycles. The lowest BCUT2D eigenvalue weighted by Crippen LogP contribution is -2.45. The lowest BCUT2D eigenvalue weighted by atomic mass is 10.1. The lowest BCUT2D eigenvalue weighted by Gasteiger charge is -2.34. The van der Waals surface area contributed by atoms with Gasteiger partial charge in [0.05, 0.1) is 0 Å². The summed E-state index contributed by atoms with van der Waals surface area (Å²) < 4.78 is 5.47. The van der Waals surface area contributed by atoms with Crippen molar-refractivity contribution in [2.75, 3.05) is 46.8 Å². The fourth-order valence-corrected chi connectivity index (χ4v) is 3.16. The Morgan fingerprint density at radius 3 is 2.65 bits per heavy atom. The van der Waals surface area contributed by atoms with Crippen LogP contribution in [0.25, 0.3) is 10.9 Å². The molecule has 0 radical (unpaired) electrons. The number of hydrogen-bond acceptors (Lipinski definition) is 5. The number of aromatic nitrogens is 1. The Bertz CT molecular complexity index is 782. The maximum absolute atomic E-state index is 11.9. The van der Waals surface area contributed by atoms with E-state index >= 15 is 0 Å². The standard InChI is InChI=1S/C20H26N4O2/c1-4-10-23-11-13-24(14-12-23)15-16-7-8-18(26-20(25)22(2)3)19-17(16)6-5-9-21-19/h4-9H,1,10-15H2,2-3H3. The maximum Gasteiger partial charge on any atom is 0.414 e. The molecule has 0 N–H and O–H groups in total. The molecule has 0 unspecified atom stereocenters. The van der Waals surface area contributed by atoms with Crippen molar-refractivity contribution in [2.45, 2.75) is 6.54 Å². The molecule has 1 saturated heterocycles. The van der Waals surface area contributed by atoms with Gasteiger partial charge in [0.2, 0.25) is 0 Å². The minimum absolute atomic E-state index is 0.400. The van der Waals surface area contributed by atoms with Gasteiger partial charge in [0, 0.05) is 64.9 Å². The van der Waals surface area contributed by atoms with E-state index < -0.39 is 6.09 Å². The first-order valence-electron chi connectivity index (χ1n) is 8.90. The van der Waals surface area contributed by atoms with Crippen molar-refractivity contribution >= 4 is 17.0 Å². The molecule has 0 bridgehead atoms. The highest BCUT2D eigenvalue weighted by Crippen LogP contribution is 2.28. The molecule has 138 valence electrons. The average Bonchev–Trinajstić information content (AvgIpc) is 2.65. The van der Waals surface area contributed by atoms with E-state index in [1.165, 1.54) is 10.5 Å². The van der Waals surface area contributed by atoms with Crippen molar-refractivity contribution in [3.8, 4) is 5.75 Å². The molecule has 6 nitrogen and oxygen atoms in total. The van der Waals surface area contributed by atoms with Crippen molar-refractivity contribution in [2.24, 2.45) is 0 Å². The van der Waals surface area contributed by atoms with Gasteiger partial charge in [-0.1, -0.05) is 18.2 Å². The third kappa shape index (κ3) is 4.20. The van der Waals surface area contributed by atoms with Gasteiger partial charge in [-0.05, 0) is 17.7 Å². The summed E-state index contributed by atoms with van der Waals surface area (Å²) in [7, 11) is 3.33. The van der Waals surface area contributed by atoms with E-state index in [1.54, 1.807) is 20.3 Å². The number of carbonyl (C=O) groups is 1. The number of nitrogens with zero attached hydrogens (tertiary/aromatic N) is 4. The molecule has 2 aromatic rings. The normalized spacial score (nSPS) is 15.8. The summed E-state index contributed by atoms with van der Waals surface area (Å²) >= 11 is 0. The van der Waals surface area contributed by atoms with Crippen LogP contribution in [0.4, 0.5) is 4.79 Å². The van der Waals surface area contributed by atoms with Crippen LogP contribution in [0.3, 0.4) is 0 Å². The molecule has 1 fully saturated rings. The van der Waals surface area contributed by atoms with E-state index in [-0.39, 0.29) is 0 Å². The van der Waals surface area contributed by atoms with Gasteiger partial charge >= 0.3 is 6.09 Å². The van der Waals surface area contributed by atoms with E-state index in [9.17, 15) is 4.79 Å². The monoisotopic (exact) mass is 354 g/mol. The highest BCUT2D eigenvalue weighted by molar-refractivity contribution is 5.89. The summed E-state index contributed by atoms with van der Waals surface area (Å²) in [5, 5.41) is 1.03. The van der Waals surface area contributed by atoms with Gasteiger partial charge in [0.15, 0.2) is 5.75 Å². The van der Waals surface area contributed by atoms with Crippen molar-refractivity contribution in [1.29, 1.82) is 0 Å². The zero-order valence-corrected chi connectivity index (χ0v) is 15.5.